The first-order valence-corrected chi connectivity index (χ1v) is 7.10. The average molecular weight is 261 g/mol. The Kier molecular flexibility index (Phi) is 4.50. The van der Waals surface area contributed by atoms with Crippen molar-refractivity contribution >= 4 is 11.8 Å². The van der Waals surface area contributed by atoms with Crippen molar-refractivity contribution in [1.29, 1.82) is 0 Å². The van der Waals surface area contributed by atoms with Crippen molar-refractivity contribution in [2.75, 3.05) is 12.8 Å². The molecule has 1 atom stereocenters. The van der Waals surface area contributed by atoms with Gasteiger partial charge in [-0.05, 0) is 38.1 Å². The molecule has 0 saturated carbocycles. The fourth-order valence-corrected chi connectivity index (χ4v) is 3.10. The van der Waals surface area contributed by atoms with Gasteiger partial charge in [0.25, 0.3) is 0 Å². The number of benzene rings is 1. The first-order chi connectivity index (χ1) is 8.72. The van der Waals surface area contributed by atoms with E-state index in [1.165, 1.54) is 16.0 Å². The van der Waals surface area contributed by atoms with Crippen LogP contribution in [0, 0.1) is 13.8 Å². The molecule has 3 heteroatoms. The third-order valence-corrected chi connectivity index (χ3v) is 4.36. The molecule has 96 valence electrons. The third-order valence-electron chi connectivity index (χ3n) is 3.13. The number of thioether (sulfide) groups is 1. The Hall–Kier alpha value is -1.19. The molecule has 0 fully saturated rings. The molecule has 1 N–H and O–H groups in total. The van der Waals surface area contributed by atoms with E-state index < -0.39 is 0 Å². The highest BCUT2D eigenvalue weighted by molar-refractivity contribution is 7.99. The van der Waals surface area contributed by atoms with Gasteiger partial charge in [-0.1, -0.05) is 24.3 Å². The Morgan fingerprint density at radius 3 is 2.61 bits per heavy atom. The Balaban J connectivity index is 2.07. The van der Waals surface area contributed by atoms with E-state index in [1.807, 2.05) is 31.8 Å². The van der Waals surface area contributed by atoms with Gasteiger partial charge in [-0.3, -0.25) is 0 Å². The second kappa shape index (κ2) is 6.12. The molecule has 1 unspecified atom stereocenters. The lowest BCUT2D eigenvalue weighted by Crippen LogP contribution is -2.19. The number of aryl methyl sites for hydroxylation is 2. The summed E-state index contributed by atoms with van der Waals surface area (Å²) < 4.78 is 5.32. The molecule has 0 spiro atoms. The van der Waals surface area contributed by atoms with Crippen LogP contribution in [0.2, 0.25) is 0 Å². The predicted octanol–water partition coefficient (Wildman–Crippen LogP) is 3.95. The molecule has 2 nitrogen and oxygen atoms in total. The minimum Gasteiger partial charge on any atom is -0.468 e. The monoisotopic (exact) mass is 261 g/mol. The zero-order chi connectivity index (χ0) is 13.0. The van der Waals surface area contributed by atoms with E-state index in [-0.39, 0.29) is 0 Å². The zero-order valence-corrected chi connectivity index (χ0v) is 11.9. The molecule has 1 heterocycles. The summed E-state index contributed by atoms with van der Waals surface area (Å²) in [6.07, 6.45) is 1.75. The van der Waals surface area contributed by atoms with E-state index in [1.54, 1.807) is 6.26 Å². The van der Waals surface area contributed by atoms with Crippen LogP contribution >= 0.6 is 11.8 Å². The minimum absolute atomic E-state index is 0.366. The first kappa shape index (κ1) is 13.2. The number of hydrogen-bond donors (Lipinski definition) is 1. The van der Waals surface area contributed by atoms with Gasteiger partial charge in [-0.2, -0.15) is 0 Å². The van der Waals surface area contributed by atoms with Crippen molar-refractivity contribution < 1.29 is 4.42 Å². The van der Waals surface area contributed by atoms with Gasteiger partial charge < -0.3 is 9.73 Å². The molecular weight excluding hydrogens is 242 g/mol. The molecule has 0 aliphatic heterocycles. The lowest BCUT2D eigenvalue weighted by atomic mass is 10.0. The molecular formula is C15H19NOS. The summed E-state index contributed by atoms with van der Waals surface area (Å²) in [5.74, 6) is 2.00. The standard InChI is InChI=1S/C15H19NOS/c1-11-6-4-5-7-13(11)14(16-3)10-18-15-8-9-17-12(15)2/h4-9,14,16H,10H2,1-3H3. The Morgan fingerprint density at radius 2 is 2.00 bits per heavy atom. The second-order valence-corrected chi connectivity index (χ2v) is 5.41. The van der Waals surface area contributed by atoms with Crippen molar-refractivity contribution in [3.05, 3.63) is 53.5 Å². The van der Waals surface area contributed by atoms with E-state index in [9.17, 15) is 0 Å². The van der Waals surface area contributed by atoms with Gasteiger partial charge in [0.1, 0.15) is 5.76 Å². The van der Waals surface area contributed by atoms with Crippen LogP contribution in [-0.2, 0) is 0 Å². The maximum Gasteiger partial charge on any atom is 0.114 e. The summed E-state index contributed by atoms with van der Waals surface area (Å²) in [4.78, 5) is 1.23. The lowest BCUT2D eigenvalue weighted by Gasteiger charge is -2.18. The van der Waals surface area contributed by atoms with Crippen molar-refractivity contribution in [3.8, 4) is 0 Å². The fraction of sp³-hybridized carbons (Fsp3) is 0.333. The van der Waals surface area contributed by atoms with Gasteiger partial charge in [0.2, 0.25) is 0 Å². The maximum atomic E-state index is 5.32. The lowest BCUT2D eigenvalue weighted by molar-refractivity contribution is 0.526. The summed E-state index contributed by atoms with van der Waals surface area (Å²) in [7, 11) is 2.01. The Morgan fingerprint density at radius 1 is 1.22 bits per heavy atom. The van der Waals surface area contributed by atoms with Gasteiger partial charge >= 0.3 is 0 Å². The maximum absolute atomic E-state index is 5.32. The quantitative estimate of drug-likeness (QED) is 0.825. The second-order valence-electron chi connectivity index (χ2n) is 4.35. The minimum atomic E-state index is 0.366. The molecule has 1 aromatic heterocycles. The highest BCUT2D eigenvalue weighted by atomic mass is 32.2. The van der Waals surface area contributed by atoms with Gasteiger partial charge in [-0.25, -0.2) is 0 Å². The van der Waals surface area contributed by atoms with Crippen LogP contribution in [-0.4, -0.2) is 12.8 Å². The highest BCUT2D eigenvalue weighted by Gasteiger charge is 2.13. The summed E-state index contributed by atoms with van der Waals surface area (Å²) in [5.41, 5.74) is 2.70. The molecule has 0 bridgehead atoms. The third kappa shape index (κ3) is 2.98. The van der Waals surface area contributed by atoms with Crippen molar-refractivity contribution in [3.63, 3.8) is 0 Å². The number of rotatable bonds is 5. The fourth-order valence-electron chi connectivity index (χ4n) is 2.00. The Bertz CT molecular complexity index is 507. The topological polar surface area (TPSA) is 25.2 Å². The van der Waals surface area contributed by atoms with Crippen LogP contribution in [0.4, 0.5) is 0 Å². The van der Waals surface area contributed by atoms with Crippen LogP contribution < -0.4 is 5.32 Å². The van der Waals surface area contributed by atoms with Crippen molar-refractivity contribution in [1.82, 2.24) is 5.32 Å². The van der Waals surface area contributed by atoms with Crippen LogP contribution in [0.1, 0.15) is 22.9 Å². The molecule has 2 aromatic rings. The molecule has 0 saturated heterocycles. The van der Waals surface area contributed by atoms with Gasteiger partial charge in [0, 0.05) is 16.7 Å². The van der Waals surface area contributed by atoms with E-state index >= 15 is 0 Å². The summed E-state index contributed by atoms with van der Waals surface area (Å²) in [5, 5.41) is 3.39. The molecule has 18 heavy (non-hydrogen) atoms. The van der Waals surface area contributed by atoms with Crippen LogP contribution in [0.15, 0.2) is 45.9 Å². The van der Waals surface area contributed by atoms with Gasteiger partial charge in [-0.15, -0.1) is 11.8 Å². The largest absolute Gasteiger partial charge is 0.468 e. The number of hydrogen-bond acceptors (Lipinski definition) is 3. The van der Waals surface area contributed by atoms with E-state index in [0.717, 1.165) is 11.5 Å². The van der Waals surface area contributed by atoms with Gasteiger partial charge in [0.05, 0.1) is 6.26 Å². The van der Waals surface area contributed by atoms with Crippen LogP contribution in [0.3, 0.4) is 0 Å². The van der Waals surface area contributed by atoms with Gasteiger partial charge in [0.15, 0.2) is 0 Å². The average Bonchev–Trinajstić information content (AvgIpc) is 2.78. The van der Waals surface area contributed by atoms with Crippen molar-refractivity contribution in [2.24, 2.45) is 0 Å². The SMILES string of the molecule is CNC(CSc1ccoc1C)c1ccccc1C. The Labute approximate surface area is 113 Å². The van der Waals surface area contributed by atoms with E-state index in [4.69, 9.17) is 4.42 Å². The first-order valence-electron chi connectivity index (χ1n) is 6.12. The number of furan rings is 1. The zero-order valence-electron chi connectivity index (χ0n) is 11.1. The van der Waals surface area contributed by atoms with E-state index in [2.05, 4.69) is 36.5 Å². The summed E-state index contributed by atoms with van der Waals surface area (Å²) in [6, 6.07) is 10.9. The molecule has 0 aliphatic carbocycles. The number of nitrogens with one attached hydrogen (secondary N) is 1. The highest BCUT2D eigenvalue weighted by Crippen LogP contribution is 2.28. The normalized spacial score (nSPS) is 12.6. The predicted molar refractivity (Wildman–Crippen MR) is 77.1 cm³/mol. The summed E-state index contributed by atoms with van der Waals surface area (Å²) >= 11 is 1.83. The molecule has 0 amide bonds. The molecule has 1 aromatic carbocycles. The van der Waals surface area contributed by atoms with Crippen molar-refractivity contribution in [2.45, 2.75) is 24.8 Å². The smallest absolute Gasteiger partial charge is 0.114 e. The van der Waals surface area contributed by atoms with Crippen LogP contribution in [0.25, 0.3) is 0 Å². The summed E-state index contributed by atoms with van der Waals surface area (Å²) in [6.45, 7) is 4.16. The van der Waals surface area contributed by atoms with Crippen LogP contribution in [0.5, 0.6) is 0 Å². The molecule has 0 aliphatic rings. The van der Waals surface area contributed by atoms with E-state index in [0.29, 0.717) is 6.04 Å². The molecule has 0 radical (unpaired) electrons. The molecule has 2 rings (SSSR count).